The monoisotopic (exact) mass is 2260 g/mol. The Labute approximate surface area is 947 Å². The van der Waals surface area contributed by atoms with Gasteiger partial charge < -0.3 is 20.4 Å². The van der Waals surface area contributed by atoms with Crippen LogP contribution in [0, 0.1) is 0 Å². The summed E-state index contributed by atoms with van der Waals surface area (Å²) in [6.45, 7) is 0. The Bertz CT molecular complexity index is 6910. The number of aromatic hydroxyl groups is 4. The van der Waals surface area contributed by atoms with E-state index in [0.717, 1.165) is 227 Å². The van der Waals surface area contributed by atoms with E-state index in [-0.39, 0.29) is 257 Å². The third kappa shape index (κ3) is 21.3. The normalized spacial score (nSPS) is 14.6. The van der Waals surface area contributed by atoms with E-state index in [9.17, 15) is 20.4 Å². The van der Waals surface area contributed by atoms with Crippen molar-refractivity contribution >= 4 is 138 Å². The van der Waals surface area contributed by atoms with Gasteiger partial charge >= 0.3 is 0 Å². The summed E-state index contributed by atoms with van der Waals surface area (Å²) in [6.07, 6.45) is 15.2. The molecule has 652 valence electrons. The van der Waals surface area contributed by atoms with E-state index in [1.165, 1.54) is 0 Å². The minimum Gasteiger partial charge on any atom is -0.507 e. The molecule has 4 atom stereocenters. The number of benzene rings is 20. The maximum Gasteiger partial charge on any atom is 0.132 e. The molecule has 0 amide bonds. The van der Waals surface area contributed by atoms with Gasteiger partial charge in [0.2, 0.25) is 0 Å². The molecule has 0 aliphatic heterocycles. The van der Waals surface area contributed by atoms with Crippen LogP contribution in [0.4, 0.5) is 0 Å². The molecule has 22 rings (SSSR count). The Morgan fingerprint density at radius 2 is 0.353 bits per heavy atom. The largest absolute Gasteiger partial charge is 0.507 e. The van der Waals surface area contributed by atoms with Crippen LogP contribution < -0.4 is 0 Å². The first-order valence-corrected chi connectivity index (χ1v) is 44.6. The molecule has 2 saturated carbocycles. The first-order valence-electron chi connectivity index (χ1n) is 44.6. The fourth-order valence-corrected chi connectivity index (χ4v) is 20.0. The van der Waals surface area contributed by atoms with Crippen LogP contribution in [-0.4, -0.2) is 69.5 Å². The van der Waals surface area contributed by atoms with Gasteiger partial charge in [-0.1, -0.05) is 390 Å². The van der Waals surface area contributed by atoms with Crippen LogP contribution in [-0.2, 0) is 183 Å². The van der Waals surface area contributed by atoms with Gasteiger partial charge in [0.05, 0.1) is 24.2 Å². The second-order valence-electron chi connectivity index (χ2n) is 33.9. The number of fused-ring (bicyclic) bond motifs is 8. The molecule has 4 N–H and O–H groups in total. The third-order valence-electron chi connectivity index (χ3n) is 26.3. The summed E-state index contributed by atoms with van der Waals surface area (Å²) >= 11 is 0. The van der Waals surface area contributed by atoms with Crippen LogP contribution in [0.3, 0.4) is 0 Å². The topological polar surface area (TPSA) is 130 Å². The molecule has 20 aromatic carbocycles. The van der Waals surface area contributed by atoms with Gasteiger partial charge in [-0.05, 0) is 181 Å². The maximum absolute atomic E-state index is 12.5. The fraction of sp³-hybridized carbons (Fsp3) is 0.100. The number of phenols is 4. The second-order valence-corrected chi connectivity index (χ2v) is 33.9. The SMILES string of the molecule is Oc1c(C=N[C@@H]2CCCC[C@H]2N=Cc2cc3ccccc3c(-c3c(-c4ccccc4)ccc4ccccc34)c2O)cc2ccccc2c1-c1c(-c2ccccc2)ccc2ccccc12.Oc1c(C=N[C@@H]2CCCC[C@H]2N=Cc2cc3ccccc3c(-c3c(-c4ccccc4)ccc4ccccc34)c2O)cc2ccccc2c1-c1c(-c2ccccc2)ccc2ccccc12.S.S.[Y].[Y].[Y].[Y].[Zr].[Zr]. The van der Waals surface area contributed by atoms with Crippen molar-refractivity contribution in [2.45, 2.75) is 75.5 Å². The first kappa shape index (κ1) is 105. The van der Waals surface area contributed by atoms with E-state index in [1.54, 1.807) is 0 Å². The molecule has 136 heavy (non-hydrogen) atoms. The van der Waals surface area contributed by atoms with E-state index < -0.39 is 0 Å². The van der Waals surface area contributed by atoms with Crippen LogP contribution in [0.5, 0.6) is 23.0 Å². The van der Waals surface area contributed by atoms with E-state index in [2.05, 4.69) is 315 Å². The zero-order chi connectivity index (χ0) is 86.0. The van der Waals surface area contributed by atoms with Gasteiger partial charge in [0, 0.05) is 275 Å². The average Bonchev–Trinajstić information content (AvgIpc) is 0.754. The molecule has 0 spiro atoms. The quantitative estimate of drug-likeness (QED) is 0.0718. The third-order valence-corrected chi connectivity index (χ3v) is 26.3. The van der Waals surface area contributed by atoms with Gasteiger partial charge in [0.1, 0.15) is 23.0 Å². The van der Waals surface area contributed by atoms with E-state index in [0.29, 0.717) is 22.3 Å². The molecule has 0 saturated heterocycles. The summed E-state index contributed by atoms with van der Waals surface area (Å²) in [5, 5.41) is 66.7. The summed E-state index contributed by atoms with van der Waals surface area (Å²) in [6, 6.07) is 134. The van der Waals surface area contributed by atoms with Crippen molar-refractivity contribution in [2.75, 3.05) is 0 Å². The summed E-state index contributed by atoms with van der Waals surface area (Å²) in [5.74, 6) is 0.847. The summed E-state index contributed by atoms with van der Waals surface area (Å²) in [5.41, 5.74) is 18.5. The smallest absolute Gasteiger partial charge is 0.132 e. The van der Waals surface area contributed by atoms with Crippen molar-refractivity contribution in [1.29, 1.82) is 0 Å². The Hall–Kier alpha value is -8.76. The Morgan fingerprint density at radius 1 is 0.191 bits per heavy atom. The Morgan fingerprint density at radius 3 is 0.544 bits per heavy atom. The van der Waals surface area contributed by atoms with Gasteiger partial charge in [-0.2, -0.15) is 27.0 Å². The van der Waals surface area contributed by atoms with Gasteiger partial charge in [-0.3, -0.25) is 20.0 Å². The standard InChI is InChI=1S/2C60H46N2O2.2H2S.4Y.2Zr/c2*63-59-45(35-43-23-9-13-27-49(43)57(59)55-47-25-11-7-21-41(47)31-33-51(55)39-17-3-1-4-18-39)37-61-53-29-15-16-30-54(53)62-38-46-36-44-24-10-14-28-50(44)58(60(46)64)56-48-26-12-8-22-42(48)32-34-52(56)40-19-5-2-6-20-40;;;;;;;;/h2*1-14,17-28,31-38,53-54,63-64H,15-16,29-30H2;2*1H2;;;;;;/t2*53-,54-;;;;;;;;/m11......../s1. The first-order chi connectivity index (χ1) is 63.2. The predicted octanol–water partition coefficient (Wildman–Crippen LogP) is 30.7. The van der Waals surface area contributed by atoms with Crippen molar-refractivity contribution in [2.24, 2.45) is 20.0 Å². The molecule has 2 aliphatic carbocycles. The number of rotatable bonds is 16. The van der Waals surface area contributed by atoms with E-state index >= 15 is 0 Å². The van der Waals surface area contributed by atoms with E-state index in [1.807, 2.05) is 97.7 Å². The maximum atomic E-state index is 12.5. The molecule has 0 heterocycles. The molecule has 8 nitrogen and oxygen atoms in total. The average molecular weight is 2260 g/mol. The molecule has 0 aromatic heterocycles. The predicted molar refractivity (Wildman–Crippen MR) is 559 cm³/mol. The summed E-state index contributed by atoms with van der Waals surface area (Å²) < 4.78 is 0. The molecule has 20 aromatic rings. The number of hydrogen-bond donors (Lipinski definition) is 4. The molecule has 16 heteroatoms. The number of aliphatic imine (C=N–C) groups is 4. The minimum atomic E-state index is -0.0958. The van der Waals surface area contributed by atoms with Gasteiger partial charge in [0.25, 0.3) is 0 Å². The number of nitrogens with zero attached hydrogens (tertiary/aromatic N) is 4. The van der Waals surface area contributed by atoms with Crippen LogP contribution in [0.25, 0.3) is 175 Å². The van der Waals surface area contributed by atoms with Crippen molar-refractivity contribution in [1.82, 2.24) is 0 Å². The van der Waals surface area contributed by atoms with Gasteiger partial charge in [0.15, 0.2) is 0 Å². The van der Waals surface area contributed by atoms with Crippen molar-refractivity contribution < 1.29 is 204 Å². The summed E-state index contributed by atoms with van der Waals surface area (Å²) in [7, 11) is 0. The number of hydrogen-bond acceptors (Lipinski definition) is 8. The Kier molecular flexibility index (Phi) is 36.9. The molecule has 2 fully saturated rings. The number of phenolic OH excluding ortho intramolecular Hbond substituents is 4. The van der Waals surface area contributed by atoms with Crippen LogP contribution in [0.15, 0.2) is 408 Å². The van der Waals surface area contributed by atoms with Crippen LogP contribution in [0.2, 0.25) is 0 Å². The van der Waals surface area contributed by atoms with Crippen LogP contribution in [0.1, 0.15) is 73.6 Å². The molecule has 0 unspecified atom stereocenters. The molecule has 2 aliphatic rings. The molecular formula is C120H96N4O4S2Y4Zr2. The second kappa shape index (κ2) is 47.9. The van der Waals surface area contributed by atoms with Crippen LogP contribution >= 0.6 is 27.0 Å². The molecule has 0 bridgehead atoms. The molecule has 4 radical (unpaired) electrons. The van der Waals surface area contributed by atoms with Gasteiger partial charge in [-0.15, -0.1) is 0 Å². The van der Waals surface area contributed by atoms with Crippen molar-refractivity contribution in [3.63, 3.8) is 0 Å². The fourth-order valence-electron chi connectivity index (χ4n) is 20.0. The zero-order valence-electron chi connectivity index (χ0n) is 75.1. The minimum absolute atomic E-state index is 0. The van der Waals surface area contributed by atoms with Crippen molar-refractivity contribution in [3.05, 3.63) is 411 Å². The Balaban J connectivity index is 0.000000217. The zero-order valence-corrected chi connectivity index (χ0v) is 93.4. The summed E-state index contributed by atoms with van der Waals surface area (Å²) in [4.78, 5) is 21.0. The van der Waals surface area contributed by atoms with Gasteiger partial charge in [-0.25, -0.2) is 0 Å². The molecular weight excluding hydrogens is 2160 g/mol. The van der Waals surface area contributed by atoms with Crippen molar-refractivity contribution in [3.8, 4) is 112 Å². The van der Waals surface area contributed by atoms with E-state index in [4.69, 9.17) is 20.0 Å².